The van der Waals surface area contributed by atoms with Crippen LogP contribution in [0.15, 0.2) is 73.1 Å². The van der Waals surface area contributed by atoms with Gasteiger partial charge < -0.3 is 9.67 Å². The van der Waals surface area contributed by atoms with Crippen LogP contribution in [0.2, 0.25) is 0 Å². The van der Waals surface area contributed by atoms with Gasteiger partial charge in [0.25, 0.3) is 0 Å². The molecule has 0 spiro atoms. The summed E-state index contributed by atoms with van der Waals surface area (Å²) >= 11 is 0. The summed E-state index contributed by atoms with van der Waals surface area (Å²) in [7, 11) is 0. The Bertz CT molecular complexity index is 1190. The molecule has 0 radical (unpaired) electrons. The fourth-order valence-corrected chi connectivity index (χ4v) is 4.44. The summed E-state index contributed by atoms with van der Waals surface area (Å²) in [4.78, 5) is 26.5. The Morgan fingerprint density at radius 2 is 1.69 bits per heavy atom. The number of nitrogens with zero attached hydrogens (tertiary/aromatic N) is 4. The first kappa shape index (κ1) is 24.3. The summed E-state index contributed by atoms with van der Waals surface area (Å²) in [6.07, 6.45) is -2.21. The second kappa shape index (κ2) is 9.41. The van der Waals surface area contributed by atoms with E-state index < -0.39 is 28.4 Å². The summed E-state index contributed by atoms with van der Waals surface area (Å²) in [6, 6.07) is 14.7. The lowest BCUT2D eigenvalue weighted by Crippen LogP contribution is -2.62. The van der Waals surface area contributed by atoms with E-state index in [0.29, 0.717) is 25.3 Å². The highest BCUT2D eigenvalue weighted by molar-refractivity contribution is 5.87. The molecule has 0 atom stereocenters. The van der Waals surface area contributed by atoms with Crippen LogP contribution in [0.3, 0.4) is 0 Å². The highest BCUT2D eigenvalue weighted by atomic mass is 19.4. The highest BCUT2D eigenvalue weighted by Gasteiger charge is 2.54. The summed E-state index contributed by atoms with van der Waals surface area (Å²) in [5, 5.41) is 21.9. The molecule has 0 bridgehead atoms. The number of anilines is 1. The van der Waals surface area contributed by atoms with Crippen LogP contribution in [-0.2, 0) is 12.7 Å². The fraction of sp³-hybridized carbons (Fsp3) is 0.292. The Hall–Kier alpha value is -3.86. The molecule has 1 aliphatic heterocycles. The van der Waals surface area contributed by atoms with E-state index in [1.54, 1.807) is 35.2 Å². The largest absolute Gasteiger partial charge is 0.464 e. The quantitative estimate of drug-likeness (QED) is 0.291. The zero-order valence-electron chi connectivity index (χ0n) is 18.6. The molecule has 35 heavy (non-hydrogen) atoms. The van der Waals surface area contributed by atoms with Crippen LogP contribution < -0.4 is 4.90 Å². The number of aromatic nitrogens is 1. The number of para-hydroxylation sites is 1. The monoisotopic (exact) mass is 488 g/mol. The molecular formula is C24H23F3N4O4. The van der Waals surface area contributed by atoms with E-state index in [4.69, 9.17) is 0 Å². The molecule has 2 aromatic carbocycles. The van der Waals surface area contributed by atoms with Crippen LogP contribution in [0, 0.1) is 10.1 Å². The smallest absolute Gasteiger partial charge is 0.417 e. The van der Waals surface area contributed by atoms with Crippen molar-refractivity contribution in [2.24, 2.45) is 0 Å². The topological polar surface area (TPSA) is 91.8 Å². The van der Waals surface area contributed by atoms with Gasteiger partial charge in [-0.15, -0.1) is 0 Å². The molecule has 3 aromatic rings. The molecular weight excluding hydrogens is 465 g/mol. The number of halogens is 3. The second-order valence-corrected chi connectivity index (χ2v) is 8.44. The van der Waals surface area contributed by atoms with Crippen molar-refractivity contribution in [2.45, 2.75) is 31.2 Å². The molecule has 8 nitrogen and oxygen atoms in total. The minimum Gasteiger partial charge on any atom is -0.464 e. The third-order valence-electron chi connectivity index (χ3n) is 6.27. The molecule has 1 fully saturated rings. The molecule has 0 aliphatic carbocycles. The van der Waals surface area contributed by atoms with E-state index in [-0.39, 0.29) is 18.5 Å². The van der Waals surface area contributed by atoms with Crippen molar-refractivity contribution < 1.29 is 28.0 Å². The predicted octanol–water partition coefficient (Wildman–Crippen LogP) is 5.25. The van der Waals surface area contributed by atoms with E-state index in [9.17, 15) is 33.2 Å². The van der Waals surface area contributed by atoms with Gasteiger partial charge >= 0.3 is 17.9 Å². The van der Waals surface area contributed by atoms with Crippen LogP contribution in [-0.4, -0.2) is 44.3 Å². The number of hydrogen-bond donors (Lipinski definition) is 1. The van der Waals surface area contributed by atoms with Crippen LogP contribution in [0.25, 0.3) is 5.69 Å². The van der Waals surface area contributed by atoms with E-state index in [1.807, 2.05) is 11.0 Å². The van der Waals surface area contributed by atoms with E-state index in [0.717, 1.165) is 22.6 Å². The SMILES string of the molecule is O=C(O)N(c1ccccc1)C1([N+](=O)[O-])CCN(Cc2ccn(-c3ccc(C(F)(F)F)cc3)c2)CC1. The highest BCUT2D eigenvalue weighted by Crippen LogP contribution is 2.35. The first-order chi connectivity index (χ1) is 16.6. The van der Waals surface area contributed by atoms with Crippen molar-refractivity contribution in [3.05, 3.63) is 94.3 Å². The van der Waals surface area contributed by atoms with Crippen molar-refractivity contribution in [2.75, 3.05) is 18.0 Å². The summed E-state index contributed by atoms with van der Waals surface area (Å²) in [6.45, 7) is 1.09. The molecule has 4 rings (SSSR count). The number of piperidine rings is 1. The van der Waals surface area contributed by atoms with Crippen LogP contribution >= 0.6 is 0 Å². The number of carbonyl (C=O) groups is 1. The maximum atomic E-state index is 12.8. The first-order valence-corrected chi connectivity index (χ1v) is 10.9. The molecule has 1 saturated heterocycles. The Morgan fingerprint density at radius 1 is 1.06 bits per heavy atom. The Kier molecular flexibility index (Phi) is 6.53. The van der Waals surface area contributed by atoms with Gasteiger partial charge in [-0.3, -0.25) is 15.0 Å². The van der Waals surface area contributed by atoms with Crippen LogP contribution in [0.1, 0.15) is 24.0 Å². The van der Waals surface area contributed by atoms with E-state index in [2.05, 4.69) is 0 Å². The number of nitro groups is 1. The minimum atomic E-state index is -4.40. The van der Waals surface area contributed by atoms with Gasteiger partial charge in [-0.05, 0) is 48.0 Å². The number of hydrogen-bond acceptors (Lipinski definition) is 4. The number of rotatable bonds is 6. The first-order valence-electron chi connectivity index (χ1n) is 10.9. The summed E-state index contributed by atoms with van der Waals surface area (Å²) in [5.74, 6) is 0. The molecule has 0 unspecified atom stereocenters. The standard InChI is InChI=1S/C24H23F3N4O4/c25-24(26,27)19-6-8-20(9-7-19)29-13-10-18(17-29)16-28-14-11-23(12-15-28,31(34)35)30(22(32)33)21-4-2-1-3-5-21/h1-10,13,17H,11-12,14-16H2,(H,32,33). The summed E-state index contributed by atoms with van der Waals surface area (Å²) in [5.41, 5.74) is -0.775. The van der Waals surface area contributed by atoms with Crippen LogP contribution in [0.5, 0.6) is 0 Å². The average Bonchev–Trinajstić information content (AvgIpc) is 3.29. The predicted molar refractivity (Wildman–Crippen MR) is 122 cm³/mol. The zero-order chi connectivity index (χ0) is 25.2. The number of carboxylic acid groups (broad SMARTS) is 1. The minimum absolute atomic E-state index is 0.0147. The lowest BCUT2D eigenvalue weighted by atomic mass is 9.94. The van der Waals surface area contributed by atoms with Gasteiger partial charge in [-0.25, -0.2) is 9.69 Å². The van der Waals surface area contributed by atoms with E-state index >= 15 is 0 Å². The van der Waals surface area contributed by atoms with Crippen molar-refractivity contribution in [1.82, 2.24) is 9.47 Å². The maximum Gasteiger partial charge on any atom is 0.417 e. The zero-order valence-corrected chi connectivity index (χ0v) is 18.6. The molecule has 11 heteroatoms. The van der Waals surface area contributed by atoms with Gasteiger partial charge in [0.05, 0.1) is 24.1 Å². The lowest BCUT2D eigenvalue weighted by Gasteiger charge is -2.40. The fourth-order valence-electron chi connectivity index (χ4n) is 4.44. The molecule has 2 heterocycles. The Labute approximate surface area is 199 Å². The van der Waals surface area contributed by atoms with Gasteiger partial charge in [0.2, 0.25) is 0 Å². The average molecular weight is 488 g/mol. The van der Waals surface area contributed by atoms with Crippen molar-refractivity contribution in [1.29, 1.82) is 0 Å². The number of alkyl halides is 3. The van der Waals surface area contributed by atoms with Gasteiger partial charge in [-0.2, -0.15) is 13.2 Å². The van der Waals surface area contributed by atoms with Crippen LogP contribution in [0.4, 0.5) is 23.7 Å². The van der Waals surface area contributed by atoms with Crippen molar-refractivity contribution in [3.8, 4) is 5.69 Å². The Morgan fingerprint density at radius 3 is 2.23 bits per heavy atom. The third-order valence-corrected chi connectivity index (χ3v) is 6.27. The number of likely N-dealkylation sites (tertiary alicyclic amines) is 1. The van der Waals surface area contributed by atoms with Gasteiger partial charge in [-0.1, -0.05) is 18.2 Å². The van der Waals surface area contributed by atoms with Crippen molar-refractivity contribution >= 4 is 11.8 Å². The van der Waals surface area contributed by atoms with Gasteiger partial charge in [0, 0.05) is 42.6 Å². The van der Waals surface area contributed by atoms with E-state index in [1.165, 1.54) is 24.3 Å². The number of benzene rings is 2. The second-order valence-electron chi connectivity index (χ2n) is 8.44. The normalized spacial score (nSPS) is 16.1. The van der Waals surface area contributed by atoms with Crippen molar-refractivity contribution in [3.63, 3.8) is 0 Å². The lowest BCUT2D eigenvalue weighted by molar-refractivity contribution is -0.572. The molecule has 184 valence electrons. The van der Waals surface area contributed by atoms with Gasteiger partial charge in [0.15, 0.2) is 0 Å². The molecule has 0 saturated carbocycles. The molecule has 1 aromatic heterocycles. The Balaban J connectivity index is 1.45. The molecule has 1 N–H and O–H groups in total. The molecule has 1 amide bonds. The third kappa shape index (κ3) is 4.99. The summed E-state index contributed by atoms with van der Waals surface area (Å²) < 4.78 is 40.1. The number of amides is 1. The van der Waals surface area contributed by atoms with Gasteiger partial charge in [0.1, 0.15) is 0 Å². The molecule has 1 aliphatic rings. The maximum absolute atomic E-state index is 12.8.